The number of piperazine rings is 1. The van der Waals surface area contributed by atoms with E-state index in [0.717, 1.165) is 19.4 Å². The standard InChI is InChI=1S/C18H21N3O4S/c1-12-5-6-14(16-7-8-19-25-16)10-17(12)26(23,24)21-11-15-4-3-9-20(15)18(22)13(21)2/h5-8,10,13,15H,3-4,9,11H2,1-2H3/t13-,15+/m1/s1. The fourth-order valence-electron chi connectivity index (χ4n) is 3.87. The SMILES string of the molecule is Cc1ccc(-c2ccno2)cc1S(=O)(=O)N1C[C@@H]2CCCN2C(=O)[C@H]1C. The van der Waals surface area contributed by atoms with Gasteiger partial charge in [0.2, 0.25) is 15.9 Å². The van der Waals surface area contributed by atoms with Crippen LogP contribution in [-0.2, 0) is 14.8 Å². The summed E-state index contributed by atoms with van der Waals surface area (Å²) in [4.78, 5) is 14.7. The van der Waals surface area contributed by atoms with Crippen LogP contribution >= 0.6 is 0 Å². The second-order valence-corrected chi connectivity index (χ2v) is 8.79. The summed E-state index contributed by atoms with van der Waals surface area (Å²) in [5, 5.41) is 3.68. The van der Waals surface area contributed by atoms with Gasteiger partial charge in [-0.1, -0.05) is 17.3 Å². The quantitative estimate of drug-likeness (QED) is 0.820. The summed E-state index contributed by atoms with van der Waals surface area (Å²) in [6.07, 6.45) is 3.29. The van der Waals surface area contributed by atoms with Crippen LogP contribution in [-0.4, -0.2) is 53.9 Å². The lowest BCUT2D eigenvalue weighted by Crippen LogP contribution is -2.59. The zero-order valence-corrected chi connectivity index (χ0v) is 15.6. The molecule has 138 valence electrons. The Morgan fingerprint density at radius 2 is 2.08 bits per heavy atom. The van der Waals surface area contributed by atoms with Crippen molar-refractivity contribution in [1.29, 1.82) is 0 Å². The molecule has 7 nitrogen and oxygen atoms in total. The topological polar surface area (TPSA) is 83.7 Å². The molecular weight excluding hydrogens is 354 g/mol. The van der Waals surface area contributed by atoms with Gasteiger partial charge in [0.1, 0.15) is 6.04 Å². The van der Waals surface area contributed by atoms with Crippen molar-refractivity contribution in [2.24, 2.45) is 0 Å². The molecule has 0 N–H and O–H groups in total. The highest BCUT2D eigenvalue weighted by Crippen LogP contribution is 2.32. The molecule has 0 spiro atoms. The zero-order chi connectivity index (χ0) is 18.5. The predicted octanol–water partition coefficient (Wildman–Crippen LogP) is 2.03. The fraction of sp³-hybridized carbons (Fsp3) is 0.444. The van der Waals surface area contributed by atoms with Crippen LogP contribution < -0.4 is 0 Å². The van der Waals surface area contributed by atoms with Crippen LogP contribution in [0.3, 0.4) is 0 Å². The van der Waals surface area contributed by atoms with Crippen LogP contribution in [0.15, 0.2) is 39.9 Å². The van der Waals surface area contributed by atoms with Gasteiger partial charge in [0.05, 0.1) is 11.1 Å². The van der Waals surface area contributed by atoms with Gasteiger partial charge >= 0.3 is 0 Å². The lowest BCUT2D eigenvalue weighted by atomic mass is 10.1. The summed E-state index contributed by atoms with van der Waals surface area (Å²) < 4.78 is 33.3. The normalized spacial score (nSPS) is 24.1. The molecule has 4 rings (SSSR count). The summed E-state index contributed by atoms with van der Waals surface area (Å²) in [5.74, 6) is 0.401. The molecule has 0 bridgehead atoms. The molecule has 1 amide bonds. The van der Waals surface area contributed by atoms with Crippen LogP contribution in [0.4, 0.5) is 0 Å². The summed E-state index contributed by atoms with van der Waals surface area (Å²) >= 11 is 0. The van der Waals surface area contributed by atoms with Crippen molar-refractivity contribution < 1.29 is 17.7 Å². The molecule has 1 aromatic heterocycles. The highest BCUT2D eigenvalue weighted by molar-refractivity contribution is 7.89. The Bertz CT molecular complexity index is 939. The van der Waals surface area contributed by atoms with E-state index in [2.05, 4.69) is 5.16 Å². The number of rotatable bonds is 3. The van der Waals surface area contributed by atoms with Crippen molar-refractivity contribution >= 4 is 15.9 Å². The number of sulfonamides is 1. The predicted molar refractivity (Wildman–Crippen MR) is 94.8 cm³/mol. The number of aryl methyl sites for hydroxylation is 1. The monoisotopic (exact) mass is 375 g/mol. The van der Waals surface area contributed by atoms with Crippen molar-refractivity contribution in [3.63, 3.8) is 0 Å². The smallest absolute Gasteiger partial charge is 0.244 e. The Morgan fingerprint density at radius 3 is 2.81 bits per heavy atom. The average Bonchev–Trinajstić information content (AvgIpc) is 3.29. The van der Waals surface area contributed by atoms with Crippen LogP contribution in [0.5, 0.6) is 0 Å². The first kappa shape index (κ1) is 17.2. The third-order valence-electron chi connectivity index (χ3n) is 5.34. The minimum Gasteiger partial charge on any atom is -0.356 e. The van der Waals surface area contributed by atoms with Crippen molar-refractivity contribution in [1.82, 2.24) is 14.4 Å². The summed E-state index contributed by atoms with van der Waals surface area (Å²) in [6, 6.07) is 6.13. The summed E-state index contributed by atoms with van der Waals surface area (Å²) in [6.45, 7) is 4.50. The minimum absolute atomic E-state index is 0.0220. The molecule has 0 radical (unpaired) electrons. The highest BCUT2D eigenvalue weighted by Gasteiger charge is 2.45. The Kier molecular flexibility index (Phi) is 4.11. The van der Waals surface area contributed by atoms with Crippen molar-refractivity contribution in [3.8, 4) is 11.3 Å². The number of hydrogen-bond donors (Lipinski definition) is 0. The lowest BCUT2D eigenvalue weighted by molar-refractivity contribution is -0.139. The number of nitrogens with zero attached hydrogens (tertiary/aromatic N) is 3. The van der Waals surface area contributed by atoms with Gasteiger partial charge in [0.25, 0.3) is 0 Å². The largest absolute Gasteiger partial charge is 0.356 e. The van der Waals surface area contributed by atoms with E-state index in [0.29, 0.717) is 23.4 Å². The van der Waals surface area contributed by atoms with Crippen LogP contribution in [0.2, 0.25) is 0 Å². The van der Waals surface area contributed by atoms with E-state index in [1.165, 1.54) is 10.5 Å². The Morgan fingerprint density at radius 1 is 1.27 bits per heavy atom. The first-order chi connectivity index (χ1) is 12.4. The number of hydrogen-bond acceptors (Lipinski definition) is 5. The third-order valence-corrected chi connectivity index (χ3v) is 7.42. The van der Waals surface area contributed by atoms with E-state index in [1.54, 1.807) is 38.1 Å². The summed E-state index contributed by atoms with van der Waals surface area (Å²) in [7, 11) is -3.80. The molecule has 2 saturated heterocycles. The van der Waals surface area contributed by atoms with E-state index >= 15 is 0 Å². The Hall–Kier alpha value is -2.19. The molecule has 2 fully saturated rings. The second kappa shape index (κ2) is 6.21. The van der Waals surface area contributed by atoms with E-state index in [-0.39, 0.29) is 16.8 Å². The molecule has 26 heavy (non-hydrogen) atoms. The van der Waals surface area contributed by atoms with Gasteiger partial charge in [0.15, 0.2) is 5.76 Å². The van der Waals surface area contributed by atoms with E-state index in [4.69, 9.17) is 4.52 Å². The van der Waals surface area contributed by atoms with E-state index in [1.807, 2.05) is 4.90 Å². The molecule has 3 heterocycles. The molecule has 0 aliphatic carbocycles. The Balaban J connectivity index is 1.74. The number of carbonyl (C=O) groups excluding carboxylic acids is 1. The fourth-order valence-corrected chi connectivity index (χ4v) is 5.75. The highest BCUT2D eigenvalue weighted by atomic mass is 32.2. The molecule has 0 saturated carbocycles. The van der Waals surface area contributed by atoms with Crippen molar-refractivity contribution in [3.05, 3.63) is 36.0 Å². The maximum absolute atomic E-state index is 13.4. The molecule has 2 aliphatic heterocycles. The lowest BCUT2D eigenvalue weighted by Gasteiger charge is -2.40. The number of aromatic nitrogens is 1. The van der Waals surface area contributed by atoms with Crippen molar-refractivity contribution in [2.45, 2.75) is 43.7 Å². The van der Waals surface area contributed by atoms with Gasteiger partial charge in [-0.3, -0.25) is 4.79 Å². The maximum Gasteiger partial charge on any atom is 0.244 e. The molecule has 2 aromatic rings. The number of amides is 1. The Labute approximate surface area is 152 Å². The molecule has 1 aromatic carbocycles. The summed E-state index contributed by atoms with van der Waals surface area (Å²) in [5.41, 5.74) is 1.28. The van der Waals surface area contributed by atoms with Gasteiger partial charge in [0, 0.05) is 30.8 Å². The van der Waals surface area contributed by atoms with Gasteiger partial charge in [-0.15, -0.1) is 0 Å². The van der Waals surface area contributed by atoms with E-state index < -0.39 is 16.1 Å². The number of fused-ring (bicyclic) bond motifs is 1. The molecule has 2 aliphatic rings. The van der Waals surface area contributed by atoms with Crippen molar-refractivity contribution in [2.75, 3.05) is 13.1 Å². The van der Waals surface area contributed by atoms with E-state index in [9.17, 15) is 13.2 Å². The first-order valence-corrected chi connectivity index (χ1v) is 10.2. The van der Waals surface area contributed by atoms with Gasteiger partial charge in [-0.2, -0.15) is 4.31 Å². The molecule has 2 atom stereocenters. The first-order valence-electron chi connectivity index (χ1n) is 8.73. The van der Waals surface area contributed by atoms with Crippen LogP contribution in [0.25, 0.3) is 11.3 Å². The minimum atomic E-state index is -3.80. The zero-order valence-electron chi connectivity index (χ0n) is 14.8. The number of carbonyl (C=O) groups is 1. The van der Waals surface area contributed by atoms with Crippen LogP contribution in [0.1, 0.15) is 25.3 Å². The molecule has 8 heteroatoms. The van der Waals surface area contributed by atoms with Gasteiger partial charge < -0.3 is 9.42 Å². The number of benzene rings is 1. The second-order valence-electron chi connectivity index (χ2n) is 6.94. The van der Waals surface area contributed by atoms with Gasteiger partial charge in [-0.25, -0.2) is 8.42 Å². The third kappa shape index (κ3) is 2.64. The molecule has 0 unspecified atom stereocenters. The van der Waals surface area contributed by atoms with Crippen LogP contribution in [0, 0.1) is 6.92 Å². The molecular formula is C18H21N3O4S. The van der Waals surface area contributed by atoms with Gasteiger partial charge in [-0.05, 0) is 38.3 Å². The maximum atomic E-state index is 13.4. The average molecular weight is 375 g/mol.